The van der Waals surface area contributed by atoms with Gasteiger partial charge in [0, 0.05) is 29.3 Å². The first-order valence-corrected chi connectivity index (χ1v) is 7.77. The third-order valence-electron chi connectivity index (χ3n) is 3.74. The van der Waals surface area contributed by atoms with E-state index in [0.717, 1.165) is 16.7 Å². The summed E-state index contributed by atoms with van der Waals surface area (Å²) in [4.78, 5) is 19.4. The van der Waals surface area contributed by atoms with E-state index in [9.17, 15) is 4.79 Å². The number of rotatable bonds is 3. The summed E-state index contributed by atoms with van der Waals surface area (Å²) in [6.45, 7) is 0. The first-order valence-electron chi connectivity index (χ1n) is 7.39. The molecule has 0 unspecified atom stereocenters. The second-order valence-electron chi connectivity index (χ2n) is 5.35. The Bertz CT molecular complexity index is 1000. The second-order valence-corrected chi connectivity index (χ2v) is 5.71. The molecule has 2 aromatic heterocycles. The highest BCUT2D eigenvalue weighted by molar-refractivity contribution is 6.29. The van der Waals surface area contributed by atoms with Gasteiger partial charge in [0.05, 0.1) is 11.0 Å². The van der Waals surface area contributed by atoms with Crippen molar-refractivity contribution >= 4 is 34.2 Å². The number of imidazole rings is 1. The van der Waals surface area contributed by atoms with Gasteiger partial charge in [-0.25, -0.2) is 4.98 Å². The van der Waals surface area contributed by atoms with Gasteiger partial charge in [-0.1, -0.05) is 0 Å². The summed E-state index contributed by atoms with van der Waals surface area (Å²) in [6, 6.07) is 16.7. The van der Waals surface area contributed by atoms with Crippen molar-refractivity contribution in [2.45, 2.75) is 0 Å². The SMILES string of the molecule is O=C(Nc1ccc2nc(Cl)[nH]c2c1)c1ccc(-n2cccc2)cc1. The summed E-state index contributed by atoms with van der Waals surface area (Å²) < 4.78 is 1.98. The van der Waals surface area contributed by atoms with Crippen LogP contribution in [-0.4, -0.2) is 20.4 Å². The van der Waals surface area contributed by atoms with Crippen LogP contribution >= 0.6 is 11.6 Å². The number of H-pyrrole nitrogens is 1. The van der Waals surface area contributed by atoms with Crippen molar-refractivity contribution in [2.75, 3.05) is 5.32 Å². The number of benzene rings is 2. The van der Waals surface area contributed by atoms with Gasteiger partial charge in [0.2, 0.25) is 5.28 Å². The number of nitrogens with one attached hydrogen (secondary N) is 2. The van der Waals surface area contributed by atoms with E-state index in [4.69, 9.17) is 11.6 Å². The van der Waals surface area contributed by atoms with Gasteiger partial charge in [0.15, 0.2) is 0 Å². The predicted octanol–water partition coefficient (Wildman–Crippen LogP) is 4.26. The quantitative estimate of drug-likeness (QED) is 0.587. The summed E-state index contributed by atoms with van der Waals surface area (Å²) in [5, 5.41) is 3.21. The molecule has 0 aliphatic carbocycles. The van der Waals surface area contributed by atoms with Crippen LogP contribution in [0.15, 0.2) is 67.0 Å². The summed E-state index contributed by atoms with van der Waals surface area (Å²) in [5.74, 6) is -0.168. The Hall–Kier alpha value is -3.05. The number of anilines is 1. The first-order chi connectivity index (χ1) is 11.7. The Morgan fingerprint density at radius 1 is 1.08 bits per heavy atom. The predicted molar refractivity (Wildman–Crippen MR) is 94.8 cm³/mol. The number of hydrogen-bond donors (Lipinski definition) is 2. The van der Waals surface area contributed by atoms with Gasteiger partial charge in [-0.15, -0.1) is 0 Å². The summed E-state index contributed by atoms with van der Waals surface area (Å²) in [6.07, 6.45) is 3.92. The van der Waals surface area contributed by atoms with Crippen molar-refractivity contribution in [3.05, 3.63) is 77.8 Å². The molecule has 24 heavy (non-hydrogen) atoms. The van der Waals surface area contributed by atoms with Gasteiger partial charge < -0.3 is 14.9 Å². The molecule has 0 radical (unpaired) electrons. The second kappa shape index (κ2) is 5.86. The Labute approximate surface area is 142 Å². The molecule has 0 saturated carbocycles. The molecule has 0 saturated heterocycles. The average Bonchev–Trinajstić information content (AvgIpc) is 3.23. The summed E-state index contributed by atoms with van der Waals surface area (Å²) >= 11 is 5.84. The van der Waals surface area contributed by atoms with Gasteiger partial charge in [0.1, 0.15) is 0 Å². The number of aromatic nitrogens is 3. The van der Waals surface area contributed by atoms with Crippen molar-refractivity contribution < 1.29 is 4.79 Å². The molecule has 2 heterocycles. The van der Waals surface area contributed by atoms with Crippen LogP contribution < -0.4 is 5.32 Å². The van der Waals surface area contributed by atoms with Gasteiger partial charge in [-0.3, -0.25) is 4.79 Å². The summed E-state index contributed by atoms with van der Waals surface area (Å²) in [5.41, 5.74) is 3.82. The maximum Gasteiger partial charge on any atom is 0.255 e. The van der Waals surface area contributed by atoms with E-state index < -0.39 is 0 Å². The molecule has 1 amide bonds. The van der Waals surface area contributed by atoms with Crippen LogP contribution in [0.5, 0.6) is 0 Å². The molecule has 0 bridgehead atoms. The molecule has 0 spiro atoms. The van der Waals surface area contributed by atoms with Crippen LogP contribution in [0.2, 0.25) is 5.28 Å². The highest BCUT2D eigenvalue weighted by Gasteiger charge is 2.08. The Morgan fingerprint density at radius 3 is 2.58 bits per heavy atom. The average molecular weight is 337 g/mol. The molecule has 6 heteroatoms. The van der Waals surface area contributed by atoms with Crippen LogP contribution in [0.25, 0.3) is 16.7 Å². The molecule has 118 valence electrons. The largest absolute Gasteiger partial charge is 0.329 e. The van der Waals surface area contributed by atoms with E-state index in [-0.39, 0.29) is 5.91 Å². The molecule has 0 fully saturated rings. The van der Waals surface area contributed by atoms with Crippen molar-refractivity contribution in [1.29, 1.82) is 0 Å². The Balaban J connectivity index is 1.54. The van der Waals surface area contributed by atoms with Crippen molar-refractivity contribution in [1.82, 2.24) is 14.5 Å². The number of nitrogens with zero attached hydrogens (tertiary/aromatic N) is 2. The van der Waals surface area contributed by atoms with Crippen molar-refractivity contribution in [3.63, 3.8) is 0 Å². The van der Waals surface area contributed by atoms with Gasteiger partial charge in [0.25, 0.3) is 5.91 Å². The van der Waals surface area contributed by atoms with Gasteiger partial charge >= 0.3 is 0 Å². The molecule has 0 aliphatic rings. The van der Waals surface area contributed by atoms with Crippen LogP contribution in [-0.2, 0) is 0 Å². The van der Waals surface area contributed by atoms with Crippen LogP contribution in [0.1, 0.15) is 10.4 Å². The van der Waals surface area contributed by atoms with Crippen LogP contribution in [0.4, 0.5) is 5.69 Å². The number of aromatic amines is 1. The third kappa shape index (κ3) is 2.77. The monoisotopic (exact) mass is 336 g/mol. The number of fused-ring (bicyclic) bond motifs is 1. The van der Waals surface area contributed by atoms with Crippen molar-refractivity contribution in [3.8, 4) is 5.69 Å². The normalized spacial score (nSPS) is 10.9. The number of carbonyl (C=O) groups is 1. The van der Waals surface area contributed by atoms with E-state index in [1.54, 1.807) is 24.3 Å². The Morgan fingerprint density at radius 2 is 1.83 bits per heavy atom. The number of hydrogen-bond acceptors (Lipinski definition) is 2. The van der Waals surface area contributed by atoms with E-state index in [1.807, 2.05) is 47.3 Å². The minimum atomic E-state index is -0.168. The minimum absolute atomic E-state index is 0.168. The molecule has 2 N–H and O–H groups in total. The third-order valence-corrected chi connectivity index (χ3v) is 3.92. The highest BCUT2D eigenvalue weighted by atomic mass is 35.5. The number of amides is 1. The lowest BCUT2D eigenvalue weighted by atomic mass is 10.2. The molecular weight excluding hydrogens is 324 g/mol. The lowest BCUT2D eigenvalue weighted by Crippen LogP contribution is -2.11. The van der Waals surface area contributed by atoms with Crippen LogP contribution in [0.3, 0.4) is 0 Å². The zero-order chi connectivity index (χ0) is 16.5. The molecule has 0 aliphatic heterocycles. The molecule has 4 rings (SSSR count). The topological polar surface area (TPSA) is 62.7 Å². The zero-order valence-corrected chi connectivity index (χ0v) is 13.3. The molecule has 5 nitrogen and oxygen atoms in total. The summed E-state index contributed by atoms with van der Waals surface area (Å²) in [7, 11) is 0. The minimum Gasteiger partial charge on any atom is -0.329 e. The van der Waals surface area contributed by atoms with E-state index >= 15 is 0 Å². The number of halogens is 1. The fourth-order valence-electron chi connectivity index (χ4n) is 2.55. The van der Waals surface area contributed by atoms with E-state index in [2.05, 4.69) is 15.3 Å². The molecule has 0 atom stereocenters. The molecular formula is C18H13ClN4O. The van der Waals surface area contributed by atoms with Crippen molar-refractivity contribution in [2.24, 2.45) is 0 Å². The highest BCUT2D eigenvalue weighted by Crippen LogP contribution is 2.20. The lowest BCUT2D eigenvalue weighted by Gasteiger charge is -2.07. The first kappa shape index (κ1) is 14.5. The molecule has 2 aromatic carbocycles. The Kier molecular flexibility index (Phi) is 3.55. The fourth-order valence-corrected chi connectivity index (χ4v) is 2.74. The molecule has 4 aromatic rings. The van der Waals surface area contributed by atoms with Crippen LogP contribution in [0, 0.1) is 0 Å². The standard InChI is InChI=1S/C18H13ClN4O/c19-18-21-15-8-5-13(11-16(15)22-18)20-17(24)12-3-6-14(7-4-12)23-9-1-2-10-23/h1-11H,(H,20,24)(H,21,22). The zero-order valence-electron chi connectivity index (χ0n) is 12.5. The maximum absolute atomic E-state index is 12.4. The van der Waals surface area contributed by atoms with E-state index in [0.29, 0.717) is 16.5 Å². The lowest BCUT2D eigenvalue weighted by molar-refractivity contribution is 0.102. The van der Waals surface area contributed by atoms with Gasteiger partial charge in [-0.05, 0) is 66.2 Å². The van der Waals surface area contributed by atoms with E-state index in [1.165, 1.54) is 0 Å². The fraction of sp³-hybridized carbons (Fsp3) is 0. The number of carbonyl (C=O) groups excluding carboxylic acids is 1. The smallest absolute Gasteiger partial charge is 0.255 e. The van der Waals surface area contributed by atoms with Gasteiger partial charge in [-0.2, -0.15) is 0 Å². The maximum atomic E-state index is 12.4.